The highest BCUT2D eigenvalue weighted by Gasteiger charge is 2.62. The standard InChI is InChI=1S/C25H31N3O6/c1-4-5-14-32-24-20-22(34-26-24)21(28(2)3)18-12-9-13-19(29)25(18,23(20)30)27-33-16-31-15-17-10-7-6-8-11-17/h6-11,13,18,21,27H,4-5,12,14-16H2,1-3H3/t18-,21-,25-/m0/s1. The average Bonchev–Trinajstić information content (AvgIpc) is 3.24. The molecule has 1 aromatic carbocycles. The number of hydrogen-bond acceptors (Lipinski definition) is 9. The number of benzene rings is 1. The summed E-state index contributed by atoms with van der Waals surface area (Å²) in [6.07, 6.45) is 5.43. The van der Waals surface area contributed by atoms with Gasteiger partial charge in [0.25, 0.3) is 5.88 Å². The molecule has 1 aromatic heterocycles. The highest BCUT2D eigenvalue weighted by Crippen LogP contribution is 2.49. The highest BCUT2D eigenvalue weighted by molar-refractivity contribution is 6.24. The van der Waals surface area contributed by atoms with Gasteiger partial charge in [0.2, 0.25) is 5.78 Å². The number of carbonyl (C=O) groups is 2. The van der Waals surface area contributed by atoms with Gasteiger partial charge >= 0.3 is 0 Å². The van der Waals surface area contributed by atoms with Crippen molar-refractivity contribution in [3.63, 3.8) is 0 Å². The lowest BCUT2D eigenvalue weighted by Crippen LogP contribution is -2.67. The monoisotopic (exact) mass is 469 g/mol. The molecule has 1 N–H and O–H groups in total. The van der Waals surface area contributed by atoms with Crippen LogP contribution in [0.2, 0.25) is 0 Å². The van der Waals surface area contributed by atoms with Crippen LogP contribution in [0.15, 0.2) is 47.0 Å². The Labute approximate surface area is 199 Å². The SMILES string of the molecule is CCCCOc1noc2c1C(=O)[C@@]1(NOCOCc3ccccc3)C(=O)C=CC[C@H]1[C@@H]2N(C)C. The summed E-state index contributed by atoms with van der Waals surface area (Å²) < 4.78 is 17.0. The lowest BCUT2D eigenvalue weighted by molar-refractivity contribution is -0.153. The number of nitrogens with one attached hydrogen (secondary N) is 1. The van der Waals surface area contributed by atoms with E-state index >= 15 is 0 Å². The first kappa shape index (κ1) is 24.3. The number of hydrogen-bond donors (Lipinski definition) is 1. The molecular weight excluding hydrogens is 438 g/mol. The normalized spacial score (nSPS) is 23.8. The highest BCUT2D eigenvalue weighted by atomic mass is 16.8. The number of rotatable bonds is 11. The molecule has 3 atom stereocenters. The minimum atomic E-state index is -1.64. The molecule has 2 aliphatic rings. The Kier molecular flexibility index (Phi) is 7.57. The third-order valence-corrected chi connectivity index (χ3v) is 6.31. The Bertz CT molecular complexity index is 1030. The van der Waals surface area contributed by atoms with E-state index in [4.69, 9.17) is 18.8 Å². The zero-order chi connectivity index (χ0) is 24.1. The summed E-state index contributed by atoms with van der Waals surface area (Å²) in [4.78, 5) is 34.7. The Morgan fingerprint density at radius 2 is 2.03 bits per heavy atom. The van der Waals surface area contributed by atoms with Crippen LogP contribution in [0.5, 0.6) is 5.88 Å². The summed E-state index contributed by atoms with van der Waals surface area (Å²) in [5.41, 5.74) is 2.35. The maximum absolute atomic E-state index is 13.9. The summed E-state index contributed by atoms with van der Waals surface area (Å²) in [5, 5.41) is 4.04. The van der Waals surface area contributed by atoms with Crippen LogP contribution >= 0.6 is 0 Å². The average molecular weight is 470 g/mol. The number of unbranched alkanes of at least 4 members (excludes halogenated alkanes) is 1. The quantitative estimate of drug-likeness (QED) is 0.230. The van der Waals surface area contributed by atoms with E-state index in [1.165, 1.54) is 6.08 Å². The zero-order valence-corrected chi connectivity index (χ0v) is 19.8. The van der Waals surface area contributed by atoms with Crippen LogP contribution in [0.1, 0.15) is 53.9 Å². The molecule has 182 valence electrons. The second-order valence-electron chi connectivity index (χ2n) is 8.78. The van der Waals surface area contributed by atoms with Crippen molar-refractivity contribution in [2.45, 2.75) is 44.4 Å². The van der Waals surface area contributed by atoms with Crippen molar-refractivity contribution in [3.05, 3.63) is 59.4 Å². The molecule has 0 fully saturated rings. The zero-order valence-electron chi connectivity index (χ0n) is 19.8. The summed E-state index contributed by atoms with van der Waals surface area (Å²) in [6.45, 7) is 2.64. The first-order valence-electron chi connectivity index (χ1n) is 11.6. The molecule has 0 saturated heterocycles. The lowest BCUT2D eigenvalue weighted by Gasteiger charge is -2.46. The molecule has 0 unspecified atom stereocenters. The largest absolute Gasteiger partial charge is 0.475 e. The fourth-order valence-electron chi connectivity index (χ4n) is 4.63. The van der Waals surface area contributed by atoms with Crippen molar-refractivity contribution < 1.29 is 28.4 Å². The number of fused-ring (bicyclic) bond motifs is 2. The van der Waals surface area contributed by atoms with Gasteiger partial charge in [0, 0.05) is 5.92 Å². The van der Waals surface area contributed by atoms with Crippen molar-refractivity contribution in [2.24, 2.45) is 5.92 Å². The minimum absolute atomic E-state index is 0.114. The fourth-order valence-corrected chi connectivity index (χ4v) is 4.63. The first-order chi connectivity index (χ1) is 16.5. The van der Waals surface area contributed by atoms with Gasteiger partial charge in [-0.05, 0) is 43.7 Å². The Balaban J connectivity index is 1.59. The van der Waals surface area contributed by atoms with Crippen molar-refractivity contribution in [2.75, 3.05) is 27.5 Å². The Morgan fingerprint density at radius 1 is 1.24 bits per heavy atom. The number of ketones is 2. The van der Waals surface area contributed by atoms with Gasteiger partial charge in [-0.15, -0.1) is 0 Å². The number of nitrogens with zero attached hydrogens (tertiary/aromatic N) is 2. The van der Waals surface area contributed by atoms with Crippen LogP contribution in [0.25, 0.3) is 0 Å². The maximum Gasteiger partial charge on any atom is 0.265 e. The predicted molar refractivity (Wildman–Crippen MR) is 123 cm³/mol. The number of hydroxylamine groups is 1. The van der Waals surface area contributed by atoms with E-state index in [0.29, 0.717) is 25.4 Å². The molecule has 0 spiro atoms. The number of carbonyl (C=O) groups excluding carboxylic acids is 2. The van der Waals surface area contributed by atoms with E-state index in [2.05, 4.69) is 10.6 Å². The molecule has 2 aliphatic carbocycles. The second-order valence-corrected chi connectivity index (χ2v) is 8.78. The van der Waals surface area contributed by atoms with E-state index in [9.17, 15) is 9.59 Å². The van der Waals surface area contributed by atoms with Crippen molar-refractivity contribution in [1.82, 2.24) is 15.5 Å². The number of Topliss-reactive ketones (excluding diaryl/α,β-unsaturated/α-hetero) is 1. The van der Waals surface area contributed by atoms with Crippen LogP contribution in [0.3, 0.4) is 0 Å². The lowest BCUT2D eigenvalue weighted by atomic mass is 9.63. The van der Waals surface area contributed by atoms with Gasteiger partial charge in [-0.1, -0.05) is 49.8 Å². The molecule has 0 radical (unpaired) electrons. The molecular formula is C25H31N3O6. The number of aromatic nitrogens is 1. The summed E-state index contributed by atoms with van der Waals surface area (Å²) in [5.74, 6) is -0.786. The molecule has 1 heterocycles. The Morgan fingerprint density at radius 3 is 2.76 bits per heavy atom. The predicted octanol–water partition coefficient (Wildman–Crippen LogP) is 3.23. The van der Waals surface area contributed by atoms with Gasteiger partial charge in [-0.2, -0.15) is 5.48 Å². The molecule has 0 saturated carbocycles. The molecule has 34 heavy (non-hydrogen) atoms. The first-order valence-corrected chi connectivity index (χ1v) is 11.6. The van der Waals surface area contributed by atoms with Crippen LogP contribution in [-0.4, -0.2) is 54.7 Å². The summed E-state index contributed by atoms with van der Waals surface area (Å²) >= 11 is 0. The van der Waals surface area contributed by atoms with Crippen molar-refractivity contribution in [1.29, 1.82) is 0 Å². The van der Waals surface area contributed by atoms with Gasteiger partial charge < -0.3 is 14.0 Å². The van der Waals surface area contributed by atoms with E-state index in [1.54, 1.807) is 6.08 Å². The van der Waals surface area contributed by atoms with Crippen LogP contribution in [0, 0.1) is 5.92 Å². The second kappa shape index (κ2) is 10.6. The van der Waals surface area contributed by atoms with Gasteiger partial charge in [0.15, 0.2) is 23.9 Å². The van der Waals surface area contributed by atoms with Gasteiger partial charge in [0.1, 0.15) is 5.56 Å². The molecule has 0 amide bonds. The van der Waals surface area contributed by atoms with E-state index in [0.717, 1.165) is 18.4 Å². The number of allylic oxidation sites excluding steroid dienone is 1. The van der Waals surface area contributed by atoms with Crippen LogP contribution in [0.4, 0.5) is 0 Å². The summed E-state index contributed by atoms with van der Waals surface area (Å²) in [7, 11) is 3.75. The molecule has 9 nitrogen and oxygen atoms in total. The minimum Gasteiger partial charge on any atom is -0.475 e. The third kappa shape index (κ3) is 4.44. The van der Waals surface area contributed by atoms with E-state index in [1.807, 2.05) is 56.3 Å². The van der Waals surface area contributed by atoms with Gasteiger partial charge in [-0.3, -0.25) is 19.3 Å². The Hall–Kier alpha value is -2.85. The molecule has 9 heteroatoms. The molecule has 0 bridgehead atoms. The third-order valence-electron chi connectivity index (χ3n) is 6.31. The topological polar surface area (TPSA) is 103 Å². The molecule has 2 aromatic rings. The smallest absolute Gasteiger partial charge is 0.265 e. The van der Waals surface area contributed by atoms with Crippen LogP contribution in [-0.2, 0) is 21.0 Å². The van der Waals surface area contributed by atoms with Gasteiger partial charge in [-0.25, -0.2) is 0 Å². The van der Waals surface area contributed by atoms with Crippen molar-refractivity contribution >= 4 is 11.6 Å². The maximum atomic E-state index is 13.9. The fraction of sp³-hybridized carbons (Fsp3) is 0.480. The van der Waals surface area contributed by atoms with Gasteiger partial charge in [0.05, 0.1) is 19.3 Å². The van der Waals surface area contributed by atoms with Crippen LogP contribution < -0.4 is 10.2 Å². The number of ether oxygens (including phenoxy) is 2. The molecule has 0 aliphatic heterocycles. The van der Waals surface area contributed by atoms with E-state index < -0.39 is 17.2 Å². The summed E-state index contributed by atoms with van der Waals surface area (Å²) in [6, 6.07) is 9.27. The molecule has 4 rings (SSSR count). The van der Waals surface area contributed by atoms with E-state index in [-0.39, 0.29) is 30.1 Å². The van der Waals surface area contributed by atoms with Crippen molar-refractivity contribution in [3.8, 4) is 5.88 Å².